The molecule has 2 aliphatic rings. The molecule has 0 saturated heterocycles. The summed E-state index contributed by atoms with van der Waals surface area (Å²) in [5.74, 6) is 0. The van der Waals surface area contributed by atoms with Crippen LogP contribution in [-0.4, -0.2) is 0 Å². The molecule has 17 heavy (non-hydrogen) atoms. The lowest BCUT2D eigenvalue weighted by molar-refractivity contribution is 1.27. The lowest BCUT2D eigenvalue weighted by Gasteiger charge is -2.05. The van der Waals surface area contributed by atoms with Crippen LogP contribution in [0, 0.1) is 0 Å². The molecule has 0 atom stereocenters. The Morgan fingerprint density at radius 3 is 3.06 bits per heavy atom. The first kappa shape index (κ1) is 9.86. The summed E-state index contributed by atoms with van der Waals surface area (Å²) in [7, 11) is 0. The van der Waals surface area contributed by atoms with Gasteiger partial charge in [-0.25, -0.2) is 0 Å². The molecular formula is C15H9BrS. The maximum absolute atomic E-state index is 3.54. The molecule has 2 aliphatic carbocycles. The molecule has 0 unspecified atom stereocenters. The van der Waals surface area contributed by atoms with Crippen LogP contribution >= 0.6 is 27.3 Å². The molecule has 0 amide bonds. The number of hydrogen-bond donors (Lipinski definition) is 0. The largest absolute Gasteiger partial charge is 0.135 e. The van der Waals surface area contributed by atoms with Gasteiger partial charge < -0.3 is 0 Å². The molecular weight excluding hydrogens is 292 g/mol. The van der Waals surface area contributed by atoms with Crippen LogP contribution in [0.1, 0.15) is 11.1 Å². The number of halogens is 1. The highest BCUT2D eigenvalue weighted by molar-refractivity contribution is 9.10. The summed E-state index contributed by atoms with van der Waals surface area (Å²) in [5.41, 5.74) is 5.71. The van der Waals surface area contributed by atoms with Crippen LogP contribution in [0.4, 0.5) is 0 Å². The summed E-state index contributed by atoms with van der Waals surface area (Å²) < 4.78 is 4.01. The molecule has 1 aromatic carbocycles. The van der Waals surface area contributed by atoms with E-state index >= 15 is 0 Å². The van der Waals surface area contributed by atoms with Crippen molar-refractivity contribution in [1.29, 1.82) is 0 Å². The highest BCUT2D eigenvalue weighted by atomic mass is 79.9. The predicted octanol–water partition coefficient (Wildman–Crippen LogP) is 3.21. The van der Waals surface area contributed by atoms with Gasteiger partial charge in [0.2, 0.25) is 0 Å². The lowest BCUT2D eigenvalue weighted by Crippen LogP contribution is -2.04. The van der Waals surface area contributed by atoms with E-state index < -0.39 is 0 Å². The Bertz CT molecular complexity index is 778. The highest BCUT2D eigenvalue weighted by Gasteiger charge is 2.19. The minimum absolute atomic E-state index is 1.07. The van der Waals surface area contributed by atoms with Crippen LogP contribution in [0.25, 0.3) is 23.3 Å². The van der Waals surface area contributed by atoms with Crippen molar-refractivity contribution < 1.29 is 0 Å². The number of hydrogen-bond acceptors (Lipinski definition) is 1. The van der Waals surface area contributed by atoms with Crippen molar-refractivity contribution in [1.82, 2.24) is 0 Å². The van der Waals surface area contributed by atoms with Crippen molar-refractivity contribution >= 4 is 39.4 Å². The third-order valence-electron chi connectivity index (χ3n) is 3.34. The molecule has 2 heteroatoms. The first-order chi connectivity index (χ1) is 8.33. The van der Waals surface area contributed by atoms with Gasteiger partial charge in [-0.3, -0.25) is 0 Å². The summed E-state index contributed by atoms with van der Waals surface area (Å²) in [4.78, 5) is 0. The Morgan fingerprint density at radius 2 is 2.12 bits per heavy atom. The highest BCUT2D eigenvalue weighted by Crippen LogP contribution is 2.32. The molecule has 0 bridgehead atoms. The van der Waals surface area contributed by atoms with Crippen molar-refractivity contribution in [3.05, 3.63) is 55.0 Å². The van der Waals surface area contributed by atoms with Crippen LogP contribution in [-0.2, 0) is 6.42 Å². The quantitative estimate of drug-likeness (QED) is 0.598. The first-order valence-electron chi connectivity index (χ1n) is 5.63. The molecule has 4 rings (SSSR count). The zero-order valence-electron chi connectivity index (χ0n) is 9.03. The number of allylic oxidation sites excluding steroid dienone is 2. The van der Waals surface area contributed by atoms with Crippen molar-refractivity contribution in [2.45, 2.75) is 6.42 Å². The van der Waals surface area contributed by atoms with Crippen LogP contribution in [0.5, 0.6) is 0 Å². The van der Waals surface area contributed by atoms with Gasteiger partial charge in [0, 0.05) is 19.1 Å². The van der Waals surface area contributed by atoms with E-state index in [1.807, 2.05) is 11.3 Å². The molecule has 0 spiro atoms. The smallest absolute Gasteiger partial charge is 0.0364 e. The topological polar surface area (TPSA) is 0 Å². The van der Waals surface area contributed by atoms with Gasteiger partial charge in [-0.15, -0.1) is 11.3 Å². The van der Waals surface area contributed by atoms with Crippen LogP contribution < -0.4 is 9.06 Å². The summed E-state index contributed by atoms with van der Waals surface area (Å²) in [6.45, 7) is 0. The van der Waals surface area contributed by atoms with E-state index in [-0.39, 0.29) is 0 Å². The van der Waals surface area contributed by atoms with E-state index in [0.29, 0.717) is 0 Å². The Morgan fingerprint density at radius 1 is 1.18 bits per heavy atom. The van der Waals surface area contributed by atoms with E-state index in [4.69, 9.17) is 0 Å². The van der Waals surface area contributed by atoms with Gasteiger partial charge in [-0.05, 0) is 47.4 Å². The normalized spacial score (nSPS) is 14.6. The number of fused-ring (bicyclic) bond motifs is 5. The van der Waals surface area contributed by atoms with Gasteiger partial charge in [0.15, 0.2) is 0 Å². The minimum atomic E-state index is 1.07. The number of benzene rings is 1. The molecule has 82 valence electrons. The predicted molar refractivity (Wildman–Crippen MR) is 77.6 cm³/mol. The third-order valence-corrected chi connectivity index (χ3v) is 4.98. The molecule has 0 radical (unpaired) electrons. The Kier molecular flexibility index (Phi) is 1.99. The van der Waals surface area contributed by atoms with E-state index in [9.17, 15) is 0 Å². The van der Waals surface area contributed by atoms with E-state index in [2.05, 4.69) is 58.4 Å². The lowest BCUT2D eigenvalue weighted by atomic mass is 9.99. The van der Waals surface area contributed by atoms with Gasteiger partial charge in [0.25, 0.3) is 0 Å². The first-order valence-corrected chi connectivity index (χ1v) is 7.24. The van der Waals surface area contributed by atoms with Crippen LogP contribution in [0.2, 0.25) is 0 Å². The summed E-state index contributed by atoms with van der Waals surface area (Å²) >= 11 is 5.45. The summed E-state index contributed by atoms with van der Waals surface area (Å²) in [6.07, 6.45) is 10.0. The average molecular weight is 301 g/mol. The maximum atomic E-state index is 3.54. The zero-order valence-corrected chi connectivity index (χ0v) is 11.4. The van der Waals surface area contributed by atoms with Crippen molar-refractivity contribution in [2.75, 3.05) is 0 Å². The monoisotopic (exact) mass is 300 g/mol. The second-order valence-electron chi connectivity index (χ2n) is 4.36. The zero-order chi connectivity index (χ0) is 11.4. The van der Waals surface area contributed by atoms with Gasteiger partial charge in [0.1, 0.15) is 0 Å². The van der Waals surface area contributed by atoms with Crippen molar-refractivity contribution in [3.8, 4) is 11.1 Å². The van der Waals surface area contributed by atoms with Gasteiger partial charge in [-0.1, -0.05) is 34.1 Å². The second-order valence-corrected chi connectivity index (χ2v) is 6.36. The molecule has 0 saturated carbocycles. The minimum Gasteiger partial charge on any atom is -0.135 e. The van der Waals surface area contributed by atoms with Crippen molar-refractivity contribution in [2.24, 2.45) is 0 Å². The maximum Gasteiger partial charge on any atom is 0.0364 e. The Balaban J connectivity index is 2.10. The molecule has 0 fully saturated rings. The van der Waals surface area contributed by atoms with Crippen LogP contribution in [0.3, 0.4) is 0 Å². The number of rotatable bonds is 0. The average Bonchev–Trinajstić information content (AvgIpc) is 2.83. The summed E-state index contributed by atoms with van der Waals surface area (Å²) in [5, 5.41) is 0. The van der Waals surface area contributed by atoms with E-state index in [1.165, 1.54) is 31.3 Å². The summed E-state index contributed by atoms with van der Waals surface area (Å²) in [6, 6.07) is 6.57. The number of thiophene rings is 1. The Labute approximate surface area is 112 Å². The molecule has 1 aromatic heterocycles. The standard InChI is InChI=1S/C15H9BrS/c16-10-5-6-11-9(7-10)8-14-15(11)12-3-1-2-4-13(12)17-14/h1-2,4-8H,3H2. The molecule has 0 N–H and O–H groups in total. The van der Waals surface area contributed by atoms with Crippen LogP contribution in [0.15, 0.2) is 34.8 Å². The fourth-order valence-corrected chi connectivity index (χ4v) is 4.19. The van der Waals surface area contributed by atoms with Gasteiger partial charge >= 0.3 is 0 Å². The van der Waals surface area contributed by atoms with E-state index in [1.54, 1.807) is 0 Å². The van der Waals surface area contributed by atoms with Gasteiger partial charge in [-0.2, -0.15) is 0 Å². The second kappa shape index (κ2) is 3.44. The Hall–Kier alpha value is -1.12. The third kappa shape index (κ3) is 1.34. The molecule has 2 aromatic rings. The van der Waals surface area contributed by atoms with Crippen molar-refractivity contribution in [3.63, 3.8) is 0 Å². The molecule has 0 aliphatic heterocycles. The molecule has 1 heterocycles. The SMILES string of the molecule is Brc1ccc2c(c1)C=c1sc3c(c1-2)CC=CC=3. The van der Waals surface area contributed by atoms with E-state index in [0.717, 1.165) is 10.9 Å². The fraction of sp³-hybridized carbons (Fsp3) is 0.0667. The van der Waals surface area contributed by atoms with Gasteiger partial charge in [0.05, 0.1) is 0 Å². The fourth-order valence-electron chi connectivity index (χ4n) is 2.60. The molecule has 0 nitrogen and oxygen atoms in total.